The van der Waals surface area contributed by atoms with E-state index in [9.17, 15) is 22.7 Å². The average molecular weight is 313 g/mol. The van der Waals surface area contributed by atoms with Gasteiger partial charge >= 0.3 is 6.18 Å². The molecule has 7 heteroatoms. The van der Waals surface area contributed by atoms with Crippen molar-refractivity contribution < 1.29 is 27.1 Å². The monoisotopic (exact) mass is 313 g/mol. The van der Waals surface area contributed by atoms with Gasteiger partial charge in [-0.1, -0.05) is 12.1 Å². The standard InChI is InChI=1S/C15H11F4NO2/c16-10-4-3-9(13(21)11-2-1-5-20-11)12-8(6-15(17,18)19)7-22-14(10)12/h1,3-5,7,13,21H,2,6H2. The lowest BCUT2D eigenvalue weighted by Crippen LogP contribution is -2.13. The lowest BCUT2D eigenvalue weighted by Gasteiger charge is -2.14. The van der Waals surface area contributed by atoms with Crippen molar-refractivity contribution >= 4 is 16.7 Å². The number of furan rings is 1. The SMILES string of the molecule is OC(C1=NC=CC1)c1ccc(F)c2occ(CC(F)(F)F)c12. The van der Waals surface area contributed by atoms with E-state index >= 15 is 0 Å². The number of nitrogens with zero attached hydrogens (tertiary/aromatic N) is 1. The number of alkyl halides is 3. The Morgan fingerprint density at radius 3 is 2.73 bits per heavy atom. The number of hydrogen-bond acceptors (Lipinski definition) is 3. The number of halogens is 4. The van der Waals surface area contributed by atoms with Crippen LogP contribution in [0, 0.1) is 5.82 Å². The summed E-state index contributed by atoms with van der Waals surface area (Å²) in [4.78, 5) is 3.97. The van der Waals surface area contributed by atoms with E-state index in [2.05, 4.69) is 4.99 Å². The van der Waals surface area contributed by atoms with Gasteiger partial charge in [-0.05, 0) is 11.6 Å². The van der Waals surface area contributed by atoms with Crippen LogP contribution in [0.3, 0.4) is 0 Å². The summed E-state index contributed by atoms with van der Waals surface area (Å²) in [5.74, 6) is -0.772. The van der Waals surface area contributed by atoms with E-state index in [1.54, 1.807) is 6.08 Å². The van der Waals surface area contributed by atoms with Crippen molar-refractivity contribution in [1.29, 1.82) is 0 Å². The van der Waals surface area contributed by atoms with Gasteiger partial charge in [-0.3, -0.25) is 4.99 Å². The number of aliphatic hydroxyl groups excluding tert-OH is 1. The Labute approximate surface area is 122 Å². The summed E-state index contributed by atoms with van der Waals surface area (Å²) >= 11 is 0. The van der Waals surface area contributed by atoms with Crippen molar-refractivity contribution in [3.8, 4) is 0 Å². The normalized spacial score (nSPS) is 16.3. The highest BCUT2D eigenvalue weighted by atomic mass is 19.4. The van der Waals surface area contributed by atoms with Crippen LogP contribution in [0.25, 0.3) is 11.0 Å². The first-order valence-electron chi connectivity index (χ1n) is 6.51. The van der Waals surface area contributed by atoms with Gasteiger partial charge in [-0.2, -0.15) is 13.2 Å². The Kier molecular flexibility index (Phi) is 3.52. The van der Waals surface area contributed by atoms with E-state index in [1.807, 2.05) is 0 Å². The minimum Gasteiger partial charge on any atom is -0.461 e. The number of allylic oxidation sites excluding steroid dienone is 1. The van der Waals surface area contributed by atoms with Crippen LogP contribution in [0.2, 0.25) is 0 Å². The van der Waals surface area contributed by atoms with Crippen molar-refractivity contribution in [2.75, 3.05) is 0 Å². The summed E-state index contributed by atoms with van der Waals surface area (Å²) in [6.45, 7) is 0. The Bertz CT molecular complexity index is 774. The summed E-state index contributed by atoms with van der Waals surface area (Å²) in [6, 6.07) is 2.32. The van der Waals surface area contributed by atoms with E-state index in [4.69, 9.17) is 4.42 Å². The molecule has 0 aliphatic carbocycles. The minimum absolute atomic E-state index is 0.0422. The fourth-order valence-corrected chi connectivity index (χ4v) is 2.52. The Hall–Kier alpha value is -2.15. The van der Waals surface area contributed by atoms with Gasteiger partial charge in [0, 0.05) is 23.6 Å². The second-order valence-electron chi connectivity index (χ2n) is 5.01. The van der Waals surface area contributed by atoms with Crippen LogP contribution in [0.5, 0.6) is 0 Å². The molecule has 0 radical (unpaired) electrons. The van der Waals surface area contributed by atoms with Crippen LogP contribution < -0.4 is 0 Å². The van der Waals surface area contributed by atoms with Crippen molar-refractivity contribution in [3.05, 3.63) is 47.6 Å². The molecular formula is C15H11F4NO2. The molecule has 0 fully saturated rings. The predicted molar refractivity (Wildman–Crippen MR) is 72.1 cm³/mol. The third-order valence-corrected chi connectivity index (χ3v) is 3.46. The van der Waals surface area contributed by atoms with Gasteiger partial charge in [0.25, 0.3) is 0 Å². The van der Waals surface area contributed by atoms with Crippen LogP contribution in [0.1, 0.15) is 23.7 Å². The van der Waals surface area contributed by atoms with Crippen LogP contribution in [-0.4, -0.2) is 17.0 Å². The number of rotatable bonds is 3. The fourth-order valence-electron chi connectivity index (χ4n) is 2.52. The lowest BCUT2D eigenvalue weighted by atomic mass is 9.96. The maximum Gasteiger partial charge on any atom is 0.393 e. The third kappa shape index (κ3) is 2.64. The predicted octanol–water partition coefficient (Wildman–Crippen LogP) is 4.07. The highest BCUT2D eigenvalue weighted by Crippen LogP contribution is 2.35. The van der Waals surface area contributed by atoms with E-state index in [0.29, 0.717) is 12.1 Å². The van der Waals surface area contributed by atoms with Crippen LogP contribution in [0.4, 0.5) is 17.6 Å². The molecule has 1 aliphatic rings. The van der Waals surface area contributed by atoms with Gasteiger partial charge in [0.05, 0.1) is 18.4 Å². The first-order chi connectivity index (χ1) is 10.4. The number of benzene rings is 1. The smallest absolute Gasteiger partial charge is 0.393 e. The fraction of sp³-hybridized carbons (Fsp3) is 0.267. The molecule has 1 aromatic carbocycles. The van der Waals surface area contributed by atoms with Gasteiger partial charge in [-0.25, -0.2) is 4.39 Å². The second kappa shape index (κ2) is 5.24. The molecule has 0 amide bonds. The second-order valence-corrected chi connectivity index (χ2v) is 5.01. The summed E-state index contributed by atoms with van der Waals surface area (Å²) in [5.41, 5.74) is 0.0591. The van der Waals surface area contributed by atoms with Crippen molar-refractivity contribution in [2.45, 2.75) is 25.1 Å². The Morgan fingerprint density at radius 1 is 1.32 bits per heavy atom. The first-order valence-corrected chi connectivity index (χ1v) is 6.51. The molecular weight excluding hydrogens is 302 g/mol. The molecule has 0 saturated carbocycles. The molecule has 2 heterocycles. The summed E-state index contributed by atoms with van der Waals surface area (Å²) in [7, 11) is 0. The summed E-state index contributed by atoms with van der Waals surface area (Å²) in [5, 5.41) is 10.3. The van der Waals surface area contributed by atoms with Gasteiger partial charge in [0.1, 0.15) is 6.10 Å². The molecule has 1 aliphatic heterocycles. The minimum atomic E-state index is -4.46. The molecule has 1 unspecified atom stereocenters. The molecule has 3 nitrogen and oxygen atoms in total. The Balaban J connectivity index is 2.13. The zero-order chi connectivity index (χ0) is 15.9. The topological polar surface area (TPSA) is 45.7 Å². The molecule has 1 aromatic heterocycles. The largest absolute Gasteiger partial charge is 0.461 e. The van der Waals surface area contributed by atoms with Crippen molar-refractivity contribution in [3.63, 3.8) is 0 Å². The highest BCUT2D eigenvalue weighted by molar-refractivity contribution is 5.97. The molecule has 116 valence electrons. The summed E-state index contributed by atoms with van der Waals surface area (Å²) < 4.78 is 56.6. The maximum absolute atomic E-state index is 13.8. The van der Waals surface area contributed by atoms with Crippen LogP contribution in [0.15, 0.2) is 40.1 Å². The zero-order valence-corrected chi connectivity index (χ0v) is 11.2. The number of aliphatic imine (C=N–C) groups is 1. The van der Waals surface area contributed by atoms with E-state index in [0.717, 1.165) is 12.3 Å². The van der Waals surface area contributed by atoms with Crippen LogP contribution in [-0.2, 0) is 6.42 Å². The molecule has 1 atom stereocenters. The molecule has 3 rings (SSSR count). The first kappa shape index (κ1) is 14.8. The van der Waals surface area contributed by atoms with Crippen molar-refractivity contribution in [2.24, 2.45) is 4.99 Å². The maximum atomic E-state index is 13.8. The lowest BCUT2D eigenvalue weighted by molar-refractivity contribution is -0.127. The van der Waals surface area contributed by atoms with Gasteiger partial charge in [0.15, 0.2) is 11.4 Å². The summed E-state index contributed by atoms with van der Waals surface area (Å²) in [6.07, 6.45) is -2.43. The molecule has 0 spiro atoms. The van der Waals surface area contributed by atoms with Gasteiger partial charge in [-0.15, -0.1) is 0 Å². The number of hydrogen-bond donors (Lipinski definition) is 1. The molecule has 1 N–H and O–H groups in total. The number of aliphatic hydroxyl groups is 1. The molecule has 22 heavy (non-hydrogen) atoms. The van der Waals surface area contributed by atoms with Gasteiger partial charge < -0.3 is 9.52 Å². The Morgan fingerprint density at radius 2 is 2.09 bits per heavy atom. The molecule has 2 aromatic rings. The zero-order valence-electron chi connectivity index (χ0n) is 11.2. The van der Waals surface area contributed by atoms with Crippen molar-refractivity contribution in [1.82, 2.24) is 0 Å². The third-order valence-electron chi connectivity index (χ3n) is 3.46. The van der Waals surface area contributed by atoms with E-state index in [-0.39, 0.29) is 22.1 Å². The van der Waals surface area contributed by atoms with Crippen LogP contribution >= 0.6 is 0 Å². The quantitative estimate of drug-likeness (QED) is 0.868. The number of fused-ring (bicyclic) bond motifs is 1. The van der Waals surface area contributed by atoms with Gasteiger partial charge in [0.2, 0.25) is 0 Å². The van der Waals surface area contributed by atoms with E-state index in [1.165, 1.54) is 12.3 Å². The van der Waals surface area contributed by atoms with E-state index < -0.39 is 24.5 Å². The molecule has 0 saturated heterocycles. The molecule has 0 bridgehead atoms. The highest BCUT2D eigenvalue weighted by Gasteiger charge is 2.32. The average Bonchev–Trinajstić information content (AvgIpc) is 3.07.